The molecule has 19 heavy (non-hydrogen) atoms. The van der Waals surface area contributed by atoms with Gasteiger partial charge >= 0.3 is 0 Å². The third-order valence-corrected chi connectivity index (χ3v) is 5.17. The number of rotatable bonds is 2. The van der Waals surface area contributed by atoms with E-state index < -0.39 is 9.84 Å². The van der Waals surface area contributed by atoms with Crippen LogP contribution in [-0.2, 0) is 9.84 Å². The summed E-state index contributed by atoms with van der Waals surface area (Å²) in [5.41, 5.74) is 6.33. The number of carbonyl (C=O) groups excluding carboxylic acids is 1. The average Bonchev–Trinajstić information content (AvgIpc) is 2.27. The molecule has 1 aromatic carbocycles. The molecule has 0 aliphatic carbocycles. The van der Waals surface area contributed by atoms with E-state index in [1.807, 2.05) is 0 Å². The summed E-state index contributed by atoms with van der Waals surface area (Å²) in [5, 5.41) is 2.97. The fraction of sp³-hybridized carbons (Fsp3) is 0.417. The van der Waals surface area contributed by atoms with E-state index >= 15 is 0 Å². The predicted molar refractivity (Wildman–Crippen MR) is 75.0 cm³/mol. The molecule has 1 saturated heterocycles. The molecule has 0 aromatic heterocycles. The highest BCUT2D eigenvalue weighted by Gasteiger charge is 2.26. The molecule has 3 N–H and O–H groups in total. The summed E-state index contributed by atoms with van der Waals surface area (Å²) in [6.07, 6.45) is 1.24. The Bertz CT molecular complexity index is 601. The normalized spacial score (nSPS) is 21.8. The number of benzene rings is 1. The quantitative estimate of drug-likeness (QED) is 0.804. The van der Waals surface area contributed by atoms with Crippen LogP contribution >= 0.6 is 11.6 Å². The lowest BCUT2D eigenvalue weighted by molar-refractivity contribution is 0.0938. The maximum Gasteiger partial charge on any atom is 0.253 e. The van der Waals surface area contributed by atoms with E-state index in [2.05, 4.69) is 5.32 Å². The zero-order chi connectivity index (χ0) is 14.0. The van der Waals surface area contributed by atoms with Gasteiger partial charge in [-0.15, -0.1) is 0 Å². The maximum absolute atomic E-state index is 12.0. The number of nitrogen functional groups attached to an aromatic ring is 1. The van der Waals surface area contributed by atoms with Crippen molar-refractivity contribution in [3.05, 3.63) is 28.8 Å². The van der Waals surface area contributed by atoms with Crippen molar-refractivity contribution in [2.45, 2.75) is 18.9 Å². The lowest BCUT2D eigenvalue weighted by atomic mass is 10.1. The number of hydrogen-bond acceptors (Lipinski definition) is 4. The number of sulfone groups is 1. The lowest BCUT2D eigenvalue weighted by Gasteiger charge is -2.23. The van der Waals surface area contributed by atoms with Crippen molar-refractivity contribution < 1.29 is 13.2 Å². The third kappa shape index (κ3) is 3.61. The molecule has 0 bridgehead atoms. The molecule has 1 aliphatic heterocycles. The molecule has 1 atom stereocenters. The van der Waals surface area contributed by atoms with Crippen LogP contribution in [0.25, 0.3) is 0 Å². The molecule has 1 heterocycles. The van der Waals surface area contributed by atoms with Crippen molar-refractivity contribution in [2.24, 2.45) is 0 Å². The van der Waals surface area contributed by atoms with Gasteiger partial charge in [-0.3, -0.25) is 4.79 Å². The summed E-state index contributed by atoms with van der Waals surface area (Å²) in [6, 6.07) is 4.26. The number of nitrogens with one attached hydrogen (secondary N) is 1. The topological polar surface area (TPSA) is 89.3 Å². The summed E-state index contributed by atoms with van der Waals surface area (Å²) in [5.74, 6) is -0.181. The second-order valence-electron chi connectivity index (χ2n) is 4.67. The third-order valence-electron chi connectivity index (χ3n) is 3.04. The van der Waals surface area contributed by atoms with Crippen molar-refractivity contribution in [2.75, 3.05) is 17.2 Å². The van der Waals surface area contributed by atoms with E-state index in [-0.39, 0.29) is 28.5 Å². The van der Waals surface area contributed by atoms with Crippen molar-refractivity contribution >= 4 is 33.0 Å². The van der Waals surface area contributed by atoms with Gasteiger partial charge in [0, 0.05) is 11.7 Å². The van der Waals surface area contributed by atoms with Crippen molar-refractivity contribution in [3.63, 3.8) is 0 Å². The number of carbonyl (C=O) groups is 1. The van der Waals surface area contributed by atoms with Crippen molar-refractivity contribution in [3.8, 4) is 0 Å². The highest BCUT2D eigenvalue weighted by Crippen LogP contribution is 2.20. The van der Waals surface area contributed by atoms with E-state index in [9.17, 15) is 13.2 Å². The molecule has 0 radical (unpaired) electrons. The zero-order valence-electron chi connectivity index (χ0n) is 10.2. The van der Waals surface area contributed by atoms with Crippen LogP contribution in [0, 0.1) is 0 Å². The standard InChI is InChI=1S/C12H15ClN2O3S/c13-11-6-8(14)3-4-10(11)12(16)15-9-2-1-5-19(17,18)7-9/h3-4,6,9H,1-2,5,7,14H2,(H,15,16). The van der Waals surface area contributed by atoms with E-state index in [1.54, 1.807) is 6.07 Å². The Morgan fingerprint density at radius 3 is 2.79 bits per heavy atom. The number of amides is 1. The van der Waals surface area contributed by atoms with Gasteiger partial charge in [-0.1, -0.05) is 11.6 Å². The fourth-order valence-electron chi connectivity index (χ4n) is 2.12. The van der Waals surface area contributed by atoms with Gasteiger partial charge < -0.3 is 11.1 Å². The maximum atomic E-state index is 12.0. The summed E-state index contributed by atoms with van der Waals surface area (Å²) < 4.78 is 23.0. The van der Waals surface area contributed by atoms with Crippen LogP contribution in [0.1, 0.15) is 23.2 Å². The second kappa shape index (κ2) is 5.38. The van der Waals surface area contributed by atoms with Gasteiger partial charge in [0.2, 0.25) is 0 Å². The smallest absolute Gasteiger partial charge is 0.253 e. The van der Waals surface area contributed by atoms with Gasteiger partial charge in [0.25, 0.3) is 5.91 Å². The van der Waals surface area contributed by atoms with Crippen LogP contribution in [0.5, 0.6) is 0 Å². The Morgan fingerprint density at radius 1 is 1.42 bits per heavy atom. The minimum absolute atomic E-state index is 0.00860. The van der Waals surface area contributed by atoms with E-state index in [0.717, 1.165) is 0 Å². The van der Waals surface area contributed by atoms with Gasteiger partial charge in [-0.25, -0.2) is 8.42 Å². The lowest BCUT2D eigenvalue weighted by Crippen LogP contribution is -2.43. The molecule has 5 nitrogen and oxygen atoms in total. The van der Waals surface area contributed by atoms with Gasteiger partial charge in [0.05, 0.1) is 22.1 Å². The number of anilines is 1. The summed E-state index contributed by atoms with van der Waals surface area (Å²) in [7, 11) is -3.04. The van der Waals surface area contributed by atoms with Gasteiger partial charge in [-0.05, 0) is 31.0 Å². The van der Waals surface area contributed by atoms with E-state index in [1.165, 1.54) is 12.1 Å². The SMILES string of the molecule is Nc1ccc(C(=O)NC2CCCS(=O)(=O)C2)c(Cl)c1. The van der Waals surface area contributed by atoms with Crippen LogP contribution in [-0.4, -0.2) is 31.9 Å². The molecule has 1 aromatic rings. The number of hydrogen-bond donors (Lipinski definition) is 2. The van der Waals surface area contributed by atoms with Gasteiger partial charge in [0.1, 0.15) is 0 Å². The first-order valence-electron chi connectivity index (χ1n) is 5.94. The summed E-state index contributed by atoms with van der Waals surface area (Å²) >= 11 is 5.94. The van der Waals surface area contributed by atoms with Crippen molar-refractivity contribution in [1.82, 2.24) is 5.32 Å². The van der Waals surface area contributed by atoms with Crippen LogP contribution in [0.4, 0.5) is 5.69 Å². The second-order valence-corrected chi connectivity index (χ2v) is 7.30. The van der Waals surface area contributed by atoms with Crippen LogP contribution < -0.4 is 11.1 Å². The average molecular weight is 303 g/mol. The molecule has 0 saturated carbocycles. The Morgan fingerprint density at radius 2 is 2.16 bits per heavy atom. The molecule has 0 spiro atoms. The van der Waals surface area contributed by atoms with Gasteiger partial charge in [-0.2, -0.15) is 0 Å². The molecule has 1 aliphatic rings. The molecule has 1 unspecified atom stereocenters. The molecule has 104 valence electrons. The molecule has 7 heteroatoms. The highest BCUT2D eigenvalue weighted by atomic mass is 35.5. The fourth-order valence-corrected chi connectivity index (χ4v) is 4.03. The zero-order valence-corrected chi connectivity index (χ0v) is 11.8. The Labute approximate surface area is 117 Å². The monoisotopic (exact) mass is 302 g/mol. The van der Waals surface area contributed by atoms with Crippen molar-refractivity contribution in [1.29, 1.82) is 0 Å². The first kappa shape index (κ1) is 14.1. The van der Waals surface area contributed by atoms with E-state index in [4.69, 9.17) is 17.3 Å². The van der Waals surface area contributed by atoms with Crippen LogP contribution in [0.15, 0.2) is 18.2 Å². The predicted octanol–water partition coefficient (Wildman–Crippen LogP) is 1.23. The van der Waals surface area contributed by atoms with Gasteiger partial charge in [0.15, 0.2) is 9.84 Å². The highest BCUT2D eigenvalue weighted by molar-refractivity contribution is 7.91. The Kier molecular flexibility index (Phi) is 4.01. The number of nitrogens with two attached hydrogens (primary N) is 1. The van der Waals surface area contributed by atoms with Crippen LogP contribution in [0.3, 0.4) is 0 Å². The largest absolute Gasteiger partial charge is 0.399 e. The van der Waals surface area contributed by atoms with Crippen LogP contribution in [0.2, 0.25) is 5.02 Å². The Balaban J connectivity index is 2.09. The number of halogens is 1. The molecular formula is C12H15ClN2O3S. The molecule has 1 fully saturated rings. The molecule has 1 amide bonds. The summed E-state index contributed by atoms with van der Waals surface area (Å²) in [4.78, 5) is 12.0. The minimum Gasteiger partial charge on any atom is -0.399 e. The molecule has 2 rings (SSSR count). The first-order chi connectivity index (χ1) is 8.87. The Hall–Kier alpha value is -1.27. The molecular weight excluding hydrogens is 288 g/mol. The first-order valence-corrected chi connectivity index (χ1v) is 8.14. The summed E-state index contributed by atoms with van der Waals surface area (Å²) in [6.45, 7) is 0. The van der Waals surface area contributed by atoms with E-state index in [0.29, 0.717) is 24.1 Å². The minimum atomic E-state index is -3.04.